The largest absolute Gasteiger partial charge is 0.364 e. The van der Waals surface area contributed by atoms with Crippen molar-refractivity contribution in [3.63, 3.8) is 0 Å². The molecule has 0 bridgehead atoms. The molecule has 6 heteroatoms. The van der Waals surface area contributed by atoms with Crippen LogP contribution in [0, 0.1) is 0 Å². The number of nitrogens with zero attached hydrogens (tertiary/aromatic N) is 4. The van der Waals surface area contributed by atoms with Gasteiger partial charge in [-0.05, 0) is 29.0 Å². The molecule has 0 N–H and O–H groups in total. The maximum atomic E-state index is 4.81. The van der Waals surface area contributed by atoms with Crippen LogP contribution in [0.3, 0.4) is 0 Å². The van der Waals surface area contributed by atoms with E-state index in [0.717, 1.165) is 35.4 Å². The predicted octanol–water partition coefficient (Wildman–Crippen LogP) is 1.84. The third-order valence-corrected chi connectivity index (χ3v) is 2.73. The number of rotatable bonds is 4. The second kappa shape index (κ2) is 4.58. The molecule has 0 spiro atoms. The molecule has 3 aromatic rings. The molecule has 3 rings (SSSR count). The van der Waals surface area contributed by atoms with Crippen molar-refractivity contribution in [2.24, 2.45) is 0 Å². The summed E-state index contributed by atoms with van der Waals surface area (Å²) in [7, 11) is 2.01. The molecule has 1 aromatic carbocycles. The molecule has 18 heavy (non-hydrogen) atoms. The zero-order valence-electron chi connectivity index (χ0n) is 9.91. The Morgan fingerprint density at radius 2 is 2.06 bits per heavy atom. The first-order valence-electron chi connectivity index (χ1n) is 5.61. The van der Waals surface area contributed by atoms with E-state index in [1.807, 2.05) is 31.3 Å². The summed E-state index contributed by atoms with van der Waals surface area (Å²) in [5, 5.41) is 11.6. The van der Waals surface area contributed by atoms with Gasteiger partial charge in [0.15, 0.2) is 0 Å². The van der Waals surface area contributed by atoms with Gasteiger partial charge in [0.25, 0.3) is 0 Å². The van der Waals surface area contributed by atoms with Crippen molar-refractivity contribution in [3.8, 4) is 0 Å². The normalized spacial score (nSPS) is 11.4. The summed E-state index contributed by atoms with van der Waals surface area (Å²) < 4.78 is 9.56. The van der Waals surface area contributed by atoms with E-state index in [4.69, 9.17) is 9.15 Å². The van der Waals surface area contributed by atoms with Crippen molar-refractivity contribution < 1.29 is 9.15 Å². The Hall–Kier alpha value is -2.21. The van der Waals surface area contributed by atoms with Crippen LogP contribution in [0.2, 0.25) is 0 Å². The standard InChI is InChI=1S/C12H12N4O2/c1-16(8-10-5-6-17-13-10)7-9-3-2-4-11-12(9)15-18-14-11/h2-6H,7-8H2,1H3. The number of hydrogen-bond acceptors (Lipinski definition) is 6. The lowest BCUT2D eigenvalue weighted by Crippen LogP contribution is -2.17. The predicted molar refractivity (Wildman–Crippen MR) is 63.5 cm³/mol. The quantitative estimate of drug-likeness (QED) is 0.697. The average Bonchev–Trinajstić information content (AvgIpc) is 2.99. The van der Waals surface area contributed by atoms with Crippen molar-refractivity contribution in [1.82, 2.24) is 20.4 Å². The van der Waals surface area contributed by atoms with E-state index in [2.05, 4.69) is 20.4 Å². The van der Waals surface area contributed by atoms with Crippen LogP contribution in [0.4, 0.5) is 0 Å². The fourth-order valence-electron chi connectivity index (χ4n) is 1.93. The number of aromatic nitrogens is 3. The molecule has 0 unspecified atom stereocenters. The van der Waals surface area contributed by atoms with Crippen molar-refractivity contribution >= 4 is 11.0 Å². The minimum Gasteiger partial charge on any atom is -0.364 e. The summed E-state index contributed by atoms with van der Waals surface area (Å²) >= 11 is 0. The fourth-order valence-corrected chi connectivity index (χ4v) is 1.93. The summed E-state index contributed by atoms with van der Waals surface area (Å²) in [6.45, 7) is 1.47. The Balaban J connectivity index is 1.77. The Morgan fingerprint density at radius 3 is 2.89 bits per heavy atom. The third kappa shape index (κ3) is 2.10. The van der Waals surface area contributed by atoms with Crippen LogP contribution in [0.5, 0.6) is 0 Å². The number of benzene rings is 1. The van der Waals surface area contributed by atoms with Crippen LogP contribution in [0.1, 0.15) is 11.3 Å². The van der Waals surface area contributed by atoms with Gasteiger partial charge in [0.1, 0.15) is 17.3 Å². The lowest BCUT2D eigenvalue weighted by molar-refractivity contribution is 0.301. The smallest absolute Gasteiger partial charge is 0.139 e. The highest BCUT2D eigenvalue weighted by Gasteiger charge is 2.09. The van der Waals surface area contributed by atoms with Gasteiger partial charge in [-0.1, -0.05) is 17.3 Å². The second-order valence-electron chi connectivity index (χ2n) is 4.21. The maximum absolute atomic E-state index is 4.81. The van der Waals surface area contributed by atoms with Gasteiger partial charge in [-0.2, -0.15) is 0 Å². The highest BCUT2D eigenvalue weighted by Crippen LogP contribution is 2.16. The van der Waals surface area contributed by atoms with Gasteiger partial charge < -0.3 is 4.52 Å². The van der Waals surface area contributed by atoms with Crippen molar-refractivity contribution in [3.05, 3.63) is 41.8 Å². The van der Waals surface area contributed by atoms with Gasteiger partial charge in [0.05, 0.1) is 5.69 Å². The first kappa shape index (κ1) is 10.9. The molecule has 0 aliphatic heterocycles. The van der Waals surface area contributed by atoms with Crippen LogP contribution in [0.25, 0.3) is 11.0 Å². The Bertz CT molecular complexity index is 632. The maximum Gasteiger partial charge on any atom is 0.139 e. The zero-order chi connectivity index (χ0) is 12.4. The van der Waals surface area contributed by atoms with Crippen molar-refractivity contribution in [1.29, 1.82) is 0 Å². The molecule has 0 aliphatic carbocycles. The van der Waals surface area contributed by atoms with Crippen LogP contribution in [-0.4, -0.2) is 27.4 Å². The highest BCUT2D eigenvalue weighted by atomic mass is 16.6. The molecule has 0 fully saturated rings. The van der Waals surface area contributed by atoms with E-state index in [0.29, 0.717) is 0 Å². The van der Waals surface area contributed by atoms with Crippen LogP contribution < -0.4 is 0 Å². The molecular weight excluding hydrogens is 232 g/mol. The minimum atomic E-state index is 0.720. The van der Waals surface area contributed by atoms with Crippen molar-refractivity contribution in [2.45, 2.75) is 13.1 Å². The summed E-state index contributed by atoms with van der Waals surface area (Å²) in [6, 6.07) is 7.71. The van der Waals surface area contributed by atoms with Gasteiger partial charge >= 0.3 is 0 Å². The molecule has 0 atom stereocenters. The molecule has 0 amide bonds. The van der Waals surface area contributed by atoms with Gasteiger partial charge in [-0.15, -0.1) is 0 Å². The highest BCUT2D eigenvalue weighted by molar-refractivity contribution is 5.76. The number of hydrogen-bond donors (Lipinski definition) is 0. The molecule has 0 saturated heterocycles. The third-order valence-electron chi connectivity index (χ3n) is 2.73. The Kier molecular flexibility index (Phi) is 2.77. The van der Waals surface area contributed by atoms with Crippen LogP contribution in [-0.2, 0) is 13.1 Å². The monoisotopic (exact) mass is 244 g/mol. The first-order valence-corrected chi connectivity index (χ1v) is 5.61. The topological polar surface area (TPSA) is 68.2 Å². The molecule has 92 valence electrons. The molecule has 2 aromatic heterocycles. The summed E-state index contributed by atoms with van der Waals surface area (Å²) in [4.78, 5) is 2.13. The molecule has 6 nitrogen and oxygen atoms in total. The van der Waals surface area contributed by atoms with Crippen LogP contribution in [0.15, 0.2) is 39.7 Å². The SMILES string of the molecule is CN(Cc1ccon1)Cc1cccc2nonc12. The Labute approximate surface area is 103 Å². The van der Waals surface area contributed by atoms with Gasteiger partial charge in [0.2, 0.25) is 0 Å². The van der Waals surface area contributed by atoms with Crippen LogP contribution >= 0.6 is 0 Å². The molecule has 0 radical (unpaired) electrons. The second-order valence-corrected chi connectivity index (χ2v) is 4.21. The Morgan fingerprint density at radius 1 is 1.11 bits per heavy atom. The molecule has 0 aliphatic rings. The lowest BCUT2D eigenvalue weighted by Gasteiger charge is -2.14. The van der Waals surface area contributed by atoms with E-state index in [9.17, 15) is 0 Å². The summed E-state index contributed by atoms with van der Waals surface area (Å²) in [6.07, 6.45) is 1.57. The average molecular weight is 244 g/mol. The van der Waals surface area contributed by atoms with E-state index in [1.54, 1.807) is 6.26 Å². The number of fused-ring (bicyclic) bond motifs is 1. The minimum absolute atomic E-state index is 0.720. The molecular formula is C12H12N4O2. The molecule has 2 heterocycles. The van der Waals surface area contributed by atoms with Crippen molar-refractivity contribution in [2.75, 3.05) is 7.05 Å². The molecule has 0 saturated carbocycles. The first-order chi connectivity index (χ1) is 8.83. The fraction of sp³-hybridized carbons (Fsp3) is 0.250. The van der Waals surface area contributed by atoms with E-state index in [-0.39, 0.29) is 0 Å². The van der Waals surface area contributed by atoms with Gasteiger partial charge in [0, 0.05) is 19.2 Å². The summed E-state index contributed by atoms with van der Waals surface area (Å²) in [5.41, 5.74) is 3.58. The summed E-state index contributed by atoms with van der Waals surface area (Å²) in [5.74, 6) is 0. The van der Waals surface area contributed by atoms with E-state index >= 15 is 0 Å². The van der Waals surface area contributed by atoms with Gasteiger partial charge in [-0.3, -0.25) is 4.90 Å². The van der Waals surface area contributed by atoms with E-state index in [1.165, 1.54) is 0 Å². The van der Waals surface area contributed by atoms with Gasteiger partial charge in [-0.25, -0.2) is 4.63 Å². The lowest BCUT2D eigenvalue weighted by atomic mass is 10.1. The van der Waals surface area contributed by atoms with E-state index < -0.39 is 0 Å². The zero-order valence-corrected chi connectivity index (χ0v) is 9.91.